The molecule has 19 heavy (non-hydrogen) atoms. The summed E-state index contributed by atoms with van der Waals surface area (Å²) >= 11 is 0. The number of alkyl halides is 3. The van der Waals surface area contributed by atoms with E-state index in [1.807, 2.05) is 0 Å². The fraction of sp³-hybridized carbons (Fsp3) is 0.167. The SMILES string of the molecule is CN=CC=C(N)c1cc(C(N)=O)ccc1C(F)(F)F. The molecule has 0 aliphatic heterocycles. The lowest BCUT2D eigenvalue weighted by atomic mass is 10.0. The summed E-state index contributed by atoms with van der Waals surface area (Å²) in [6.45, 7) is 0. The number of allylic oxidation sites excluding steroid dienone is 1. The zero-order valence-electron chi connectivity index (χ0n) is 10.0. The van der Waals surface area contributed by atoms with Gasteiger partial charge in [0.1, 0.15) is 0 Å². The van der Waals surface area contributed by atoms with Crippen molar-refractivity contribution >= 4 is 17.8 Å². The second-order valence-corrected chi connectivity index (χ2v) is 3.65. The van der Waals surface area contributed by atoms with E-state index in [-0.39, 0.29) is 16.8 Å². The van der Waals surface area contributed by atoms with Crippen LogP contribution in [0.4, 0.5) is 13.2 Å². The lowest BCUT2D eigenvalue weighted by molar-refractivity contribution is -0.137. The number of aliphatic imine (C=N–C) groups is 1. The van der Waals surface area contributed by atoms with E-state index < -0.39 is 17.6 Å². The molecule has 0 unspecified atom stereocenters. The molecule has 0 saturated carbocycles. The Morgan fingerprint density at radius 1 is 1.32 bits per heavy atom. The molecule has 0 atom stereocenters. The molecule has 1 rings (SSSR count). The van der Waals surface area contributed by atoms with Crippen LogP contribution in [0.3, 0.4) is 0 Å². The highest BCUT2D eigenvalue weighted by Gasteiger charge is 2.34. The van der Waals surface area contributed by atoms with E-state index in [1.165, 1.54) is 19.3 Å². The molecule has 4 nitrogen and oxygen atoms in total. The maximum absolute atomic E-state index is 12.8. The van der Waals surface area contributed by atoms with Crippen molar-refractivity contribution in [1.82, 2.24) is 0 Å². The van der Waals surface area contributed by atoms with Crippen molar-refractivity contribution in [2.75, 3.05) is 7.05 Å². The van der Waals surface area contributed by atoms with Gasteiger partial charge in [-0.15, -0.1) is 0 Å². The maximum atomic E-state index is 12.8. The molecule has 0 spiro atoms. The van der Waals surface area contributed by atoms with Gasteiger partial charge in [-0.3, -0.25) is 9.79 Å². The van der Waals surface area contributed by atoms with Crippen LogP contribution in [0.15, 0.2) is 29.3 Å². The summed E-state index contributed by atoms with van der Waals surface area (Å²) in [7, 11) is 1.45. The number of hydrogen-bond donors (Lipinski definition) is 2. The van der Waals surface area contributed by atoms with Gasteiger partial charge in [-0.1, -0.05) is 0 Å². The first kappa shape index (κ1) is 14.7. The van der Waals surface area contributed by atoms with Gasteiger partial charge in [-0.25, -0.2) is 0 Å². The number of rotatable bonds is 3. The molecule has 0 aliphatic rings. The molecule has 0 aliphatic carbocycles. The fourth-order valence-corrected chi connectivity index (χ4v) is 1.43. The van der Waals surface area contributed by atoms with E-state index in [9.17, 15) is 18.0 Å². The smallest absolute Gasteiger partial charge is 0.398 e. The first-order valence-corrected chi connectivity index (χ1v) is 5.16. The van der Waals surface area contributed by atoms with Crippen molar-refractivity contribution in [3.63, 3.8) is 0 Å². The zero-order valence-corrected chi connectivity index (χ0v) is 10.0. The highest BCUT2D eigenvalue weighted by atomic mass is 19.4. The Bertz CT molecular complexity index is 548. The van der Waals surface area contributed by atoms with Crippen LogP contribution < -0.4 is 11.5 Å². The van der Waals surface area contributed by atoms with Crippen LogP contribution in [0, 0.1) is 0 Å². The largest absolute Gasteiger partial charge is 0.417 e. The Morgan fingerprint density at radius 3 is 2.42 bits per heavy atom. The molecule has 0 radical (unpaired) electrons. The van der Waals surface area contributed by atoms with Crippen LogP contribution in [0.5, 0.6) is 0 Å². The van der Waals surface area contributed by atoms with Crippen LogP contribution >= 0.6 is 0 Å². The Balaban J connectivity index is 3.46. The van der Waals surface area contributed by atoms with Gasteiger partial charge >= 0.3 is 6.18 Å². The molecule has 1 aromatic rings. The second kappa shape index (κ2) is 5.55. The number of halogens is 3. The minimum atomic E-state index is -4.58. The molecular weight excluding hydrogens is 259 g/mol. The average molecular weight is 271 g/mol. The van der Waals surface area contributed by atoms with Crippen LogP contribution in [0.1, 0.15) is 21.5 Å². The summed E-state index contributed by atoms with van der Waals surface area (Å²) in [5.74, 6) is -0.827. The van der Waals surface area contributed by atoms with Crippen molar-refractivity contribution in [2.45, 2.75) is 6.18 Å². The molecule has 7 heteroatoms. The van der Waals surface area contributed by atoms with Crippen LogP contribution in [0.2, 0.25) is 0 Å². The normalized spacial score (nSPS) is 12.9. The van der Waals surface area contributed by atoms with Crippen LogP contribution in [-0.4, -0.2) is 19.2 Å². The van der Waals surface area contributed by atoms with Gasteiger partial charge in [0.15, 0.2) is 0 Å². The lowest BCUT2D eigenvalue weighted by Gasteiger charge is -2.13. The fourth-order valence-electron chi connectivity index (χ4n) is 1.43. The second-order valence-electron chi connectivity index (χ2n) is 3.65. The summed E-state index contributed by atoms with van der Waals surface area (Å²) < 4.78 is 38.5. The highest BCUT2D eigenvalue weighted by molar-refractivity contribution is 5.94. The monoisotopic (exact) mass is 271 g/mol. The van der Waals surface area contributed by atoms with Gasteiger partial charge < -0.3 is 11.5 Å². The molecule has 0 heterocycles. The number of primary amides is 1. The third-order valence-corrected chi connectivity index (χ3v) is 2.32. The molecule has 0 fully saturated rings. The quantitative estimate of drug-likeness (QED) is 0.822. The topological polar surface area (TPSA) is 81.5 Å². The van der Waals surface area contributed by atoms with Crippen molar-refractivity contribution in [1.29, 1.82) is 0 Å². The third-order valence-electron chi connectivity index (χ3n) is 2.32. The Kier molecular flexibility index (Phi) is 4.31. The van der Waals surface area contributed by atoms with Gasteiger partial charge in [0.25, 0.3) is 0 Å². The predicted molar refractivity (Wildman–Crippen MR) is 66.5 cm³/mol. The van der Waals surface area contributed by atoms with E-state index >= 15 is 0 Å². The summed E-state index contributed by atoms with van der Waals surface area (Å²) in [6.07, 6.45) is -2.10. The molecule has 0 bridgehead atoms. The standard InChI is InChI=1S/C12H12F3N3O/c1-18-5-4-10(16)8-6-7(11(17)19)2-3-9(8)12(13,14)15/h2-6H,16H2,1H3,(H2,17,19). The van der Waals surface area contributed by atoms with E-state index in [0.29, 0.717) is 0 Å². The van der Waals surface area contributed by atoms with Crippen molar-refractivity contribution in [3.05, 3.63) is 41.0 Å². The summed E-state index contributed by atoms with van der Waals surface area (Å²) in [4.78, 5) is 14.6. The minimum Gasteiger partial charge on any atom is -0.398 e. The van der Waals surface area contributed by atoms with Gasteiger partial charge in [-0.2, -0.15) is 13.2 Å². The van der Waals surface area contributed by atoms with Crippen molar-refractivity contribution in [2.24, 2.45) is 16.5 Å². The van der Waals surface area contributed by atoms with E-state index in [1.54, 1.807) is 0 Å². The van der Waals surface area contributed by atoms with Gasteiger partial charge in [0.05, 0.1) is 5.56 Å². The van der Waals surface area contributed by atoms with Crippen LogP contribution in [-0.2, 0) is 6.18 Å². The number of hydrogen-bond acceptors (Lipinski definition) is 3. The Hall–Kier alpha value is -2.31. The summed E-state index contributed by atoms with van der Waals surface area (Å²) in [6, 6.07) is 2.80. The Labute approximate surface area is 107 Å². The van der Waals surface area contributed by atoms with E-state index in [0.717, 1.165) is 18.2 Å². The highest BCUT2D eigenvalue weighted by Crippen LogP contribution is 2.34. The number of amides is 1. The first-order valence-electron chi connectivity index (χ1n) is 5.16. The number of carbonyl (C=O) groups excluding carboxylic acids is 1. The summed E-state index contributed by atoms with van der Waals surface area (Å²) in [5, 5.41) is 0. The molecule has 0 saturated heterocycles. The third kappa shape index (κ3) is 3.57. The predicted octanol–water partition coefficient (Wildman–Crippen LogP) is 1.80. The van der Waals surface area contributed by atoms with Gasteiger partial charge in [0.2, 0.25) is 5.91 Å². The average Bonchev–Trinajstić information content (AvgIpc) is 2.34. The molecule has 102 valence electrons. The van der Waals surface area contributed by atoms with Crippen molar-refractivity contribution in [3.8, 4) is 0 Å². The van der Waals surface area contributed by atoms with E-state index in [4.69, 9.17) is 11.5 Å². The molecule has 1 aromatic carbocycles. The summed E-state index contributed by atoms with van der Waals surface area (Å²) in [5.41, 5.74) is 9.16. The lowest BCUT2D eigenvalue weighted by Crippen LogP contribution is -2.16. The minimum absolute atomic E-state index is 0.0483. The maximum Gasteiger partial charge on any atom is 0.417 e. The van der Waals surface area contributed by atoms with Crippen molar-refractivity contribution < 1.29 is 18.0 Å². The number of benzene rings is 1. The number of carbonyl (C=O) groups is 1. The molecule has 0 aromatic heterocycles. The van der Waals surface area contributed by atoms with E-state index in [2.05, 4.69) is 4.99 Å². The molecule has 4 N–H and O–H groups in total. The van der Waals surface area contributed by atoms with Gasteiger partial charge in [-0.05, 0) is 24.3 Å². The molecular formula is C12H12F3N3O. The Morgan fingerprint density at radius 2 is 1.95 bits per heavy atom. The zero-order chi connectivity index (χ0) is 14.6. The number of nitrogens with zero attached hydrogens (tertiary/aromatic N) is 1. The molecule has 1 amide bonds. The first-order chi connectivity index (χ1) is 8.77. The van der Waals surface area contributed by atoms with Gasteiger partial charge in [0, 0.05) is 30.1 Å². The van der Waals surface area contributed by atoms with Crippen LogP contribution in [0.25, 0.3) is 5.70 Å². The number of nitrogens with two attached hydrogens (primary N) is 2.